The molecule has 1 aromatic rings. The molecule has 10 heteroatoms. The zero-order chi connectivity index (χ0) is 30.0. The van der Waals surface area contributed by atoms with Gasteiger partial charge in [-0.3, -0.25) is 4.79 Å². The van der Waals surface area contributed by atoms with Crippen molar-refractivity contribution in [2.45, 2.75) is 115 Å². The minimum atomic E-state index is -1.29. The van der Waals surface area contributed by atoms with Crippen molar-refractivity contribution in [2.24, 2.45) is 5.92 Å². The smallest absolute Gasteiger partial charge is 0.407 e. The van der Waals surface area contributed by atoms with E-state index in [1.807, 2.05) is 51.1 Å². The van der Waals surface area contributed by atoms with Crippen molar-refractivity contribution in [1.29, 1.82) is 0 Å². The lowest BCUT2D eigenvalue weighted by atomic mass is 9.72. The monoisotopic (exact) mass is 587 g/mol. The lowest BCUT2D eigenvalue weighted by Gasteiger charge is -2.49. The number of rotatable bonds is 11. The topological polar surface area (TPSA) is 99.6 Å². The molecular formula is C31H49N3O6Si. The Morgan fingerprint density at radius 1 is 1.07 bits per heavy atom. The summed E-state index contributed by atoms with van der Waals surface area (Å²) in [6.07, 6.45) is 3.14. The molecule has 1 heterocycles. The Hall–Kier alpha value is -2.43. The number of carboxylic acid groups (broad SMARTS) is 1. The Labute approximate surface area is 246 Å². The average molecular weight is 588 g/mol. The molecule has 4 rings (SSSR count). The molecule has 9 nitrogen and oxygen atoms in total. The van der Waals surface area contributed by atoms with Crippen LogP contribution < -0.4 is 0 Å². The van der Waals surface area contributed by atoms with Crippen molar-refractivity contribution in [3.8, 4) is 0 Å². The van der Waals surface area contributed by atoms with Crippen LogP contribution in [0, 0.1) is 5.92 Å². The first kappa shape index (κ1) is 31.5. The predicted octanol–water partition coefficient (Wildman–Crippen LogP) is 6.02. The van der Waals surface area contributed by atoms with E-state index in [1.165, 1.54) is 4.90 Å². The van der Waals surface area contributed by atoms with Crippen molar-refractivity contribution in [2.75, 3.05) is 19.9 Å². The van der Waals surface area contributed by atoms with Crippen LogP contribution in [0.4, 0.5) is 9.59 Å². The fourth-order valence-electron chi connectivity index (χ4n) is 6.51. The number of carbonyl (C=O) groups excluding carboxylic acids is 2. The van der Waals surface area contributed by atoms with Gasteiger partial charge in [0.25, 0.3) is 5.91 Å². The fourth-order valence-corrected chi connectivity index (χ4v) is 7.27. The van der Waals surface area contributed by atoms with Crippen molar-refractivity contribution < 1.29 is 29.0 Å². The molecule has 4 amide bonds. The molecule has 1 aromatic carbocycles. The Morgan fingerprint density at radius 2 is 1.71 bits per heavy atom. The summed E-state index contributed by atoms with van der Waals surface area (Å²) in [4.78, 5) is 44.1. The largest absolute Gasteiger partial charge is 0.465 e. The maximum Gasteiger partial charge on any atom is 0.407 e. The third-order valence-electron chi connectivity index (χ3n) is 8.85. The number of hydrogen-bond acceptors (Lipinski definition) is 5. The Morgan fingerprint density at radius 3 is 2.27 bits per heavy atom. The molecule has 0 aromatic heterocycles. The van der Waals surface area contributed by atoms with Crippen LogP contribution in [0.25, 0.3) is 0 Å². The van der Waals surface area contributed by atoms with Crippen LogP contribution in [0.5, 0.6) is 0 Å². The first-order valence-electron chi connectivity index (χ1n) is 15.1. The third-order valence-corrected chi connectivity index (χ3v) is 10.6. The highest BCUT2D eigenvalue weighted by molar-refractivity contribution is 6.76. The van der Waals surface area contributed by atoms with Crippen molar-refractivity contribution >= 4 is 26.1 Å². The van der Waals surface area contributed by atoms with Crippen LogP contribution >= 0.6 is 0 Å². The molecule has 0 unspecified atom stereocenters. The van der Waals surface area contributed by atoms with E-state index < -0.39 is 25.2 Å². The van der Waals surface area contributed by atoms with Gasteiger partial charge in [0, 0.05) is 45.6 Å². The highest BCUT2D eigenvalue weighted by Gasteiger charge is 2.64. The number of carbonyl (C=O) groups is 3. The summed E-state index contributed by atoms with van der Waals surface area (Å²) in [7, 11) is -1.29. The van der Waals surface area contributed by atoms with Gasteiger partial charge in [-0.15, -0.1) is 0 Å². The van der Waals surface area contributed by atoms with E-state index >= 15 is 0 Å². The number of nitrogens with zero attached hydrogens (tertiary/aromatic N) is 3. The molecule has 2 saturated carbocycles. The summed E-state index contributed by atoms with van der Waals surface area (Å²) in [5, 5.41) is 9.84. The SMILES string of the molecule is CC(C)(C)N(C(=O)O)C1CCC(CN2C(=O)N(COCC[Si](C)(C)C)C(=O)C23CC(OCc2ccccc2)C3)CC1. The normalized spacial score (nSPS) is 26.9. The highest BCUT2D eigenvalue weighted by Crippen LogP contribution is 2.47. The summed E-state index contributed by atoms with van der Waals surface area (Å²) in [5.41, 5.74) is -0.267. The second-order valence-electron chi connectivity index (χ2n) is 14.3. The van der Waals surface area contributed by atoms with E-state index in [4.69, 9.17) is 9.47 Å². The Kier molecular flexibility index (Phi) is 9.55. The molecule has 3 aliphatic rings. The van der Waals surface area contributed by atoms with Gasteiger partial charge in [-0.05, 0) is 64.0 Å². The van der Waals surface area contributed by atoms with Gasteiger partial charge in [0.05, 0.1) is 12.7 Å². The third kappa shape index (κ3) is 7.32. The van der Waals surface area contributed by atoms with Gasteiger partial charge >= 0.3 is 12.1 Å². The van der Waals surface area contributed by atoms with E-state index in [0.717, 1.165) is 37.3 Å². The standard InChI is InChI=1S/C31H49N3O6Si/c1-30(2,3)34(29(37)38)25-14-12-23(13-15-25)20-33-28(36)32(22-39-16-17-41(4,5)6)27(35)31(33)18-26(19-31)40-21-24-10-8-7-9-11-24/h7-11,23,25-26H,12-22H2,1-6H3,(H,37,38). The van der Waals surface area contributed by atoms with E-state index in [1.54, 1.807) is 9.80 Å². The van der Waals surface area contributed by atoms with Crippen LogP contribution in [0.2, 0.25) is 25.7 Å². The minimum Gasteiger partial charge on any atom is -0.465 e. The molecule has 1 saturated heterocycles. The van der Waals surface area contributed by atoms with Crippen LogP contribution in [-0.2, 0) is 20.9 Å². The molecule has 3 fully saturated rings. The van der Waals surface area contributed by atoms with Gasteiger partial charge in [0.1, 0.15) is 12.3 Å². The van der Waals surface area contributed by atoms with E-state index in [-0.39, 0.29) is 36.7 Å². The van der Waals surface area contributed by atoms with E-state index in [9.17, 15) is 19.5 Å². The summed E-state index contributed by atoms with van der Waals surface area (Å²) in [5.74, 6) is 0.0427. The van der Waals surface area contributed by atoms with E-state index in [0.29, 0.717) is 32.6 Å². The van der Waals surface area contributed by atoms with Gasteiger partial charge in [0.2, 0.25) is 0 Å². The summed E-state index contributed by atoms with van der Waals surface area (Å²) < 4.78 is 12.0. The quantitative estimate of drug-likeness (QED) is 0.193. The van der Waals surface area contributed by atoms with Crippen LogP contribution in [0.1, 0.15) is 64.9 Å². The van der Waals surface area contributed by atoms with Crippen LogP contribution in [0.15, 0.2) is 30.3 Å². The number of ether oxygens (including phenoxy) is 2. The number of imide groups is 1. The van der Waals surface area contributed by atoms with Crippen LogP contribution in [0.3, 0.4) is 0 Å². The van der Waals surface area contributed by atoms with E-state index in [2.05, 4.69) is 19.6 Å². The van der Waals surface area contributed by atoms with Crippen LogP contribution in [-0.4, -0.2) is 89.0 Å². The second-order valence-corrected chi connectivity index (χ2v) is 20.0. The number of urea groups is 1. The zero-order valence-corrected chi connectivity index (χ0v) is 26.7. The van der Waals surface area contributed by atoms with Gasteiger partial charge in [0.15, 0.2) is 0 Å². The molecule has 228 valence electrons. The summed E-state index contributed by atoms with van der Waals surface area (Å²) >= 11 is 0. The molecule has 0 atom stereocenters. The lowest BCUT2D eigenvalue weighted by Crippen LogP contribution is -2.62. The minimum absolute atomic E-state index is 0.0121. The predicted molar refractivity (Wildman–Crippen MR) is 160 cm³/mol. The Balaban J connectivity index is 1.41. The molecular weight excluding hydrogens is 538 g/mol. The van der Waals surface area contributed by atoms with Gasteiger partial charge in [-0.2, -0.15) is 0 Å². The van der Waals surface area contributed by atoms with Crippen molar-refractivity contribution in [1.82, 2.24) is 14.7 Å². The molecule has 2 aliphatic carbocycles. The molecule has 0 radical (unpaired) electrons. The second kappa shape index (κ2) is 12.4. The number of amides is 4. The Bertz CT molecular complexity index is 1070. The first-order valence-corrected chi connectivity index (χ1v) is 18.8. The first-order chi connectivity index (χ1) is 19.2. The molecule has 41 heavy (non-hydrogen) atoms. The van der Waals surface area contributed by atoms with Crippen molar-refractivity contribution in [3.63, 3.8) is 0 Å². The van der Waals surface area contributed by atoms with Gasteiger partial charge < -0.3 is 24.4 Å². The molecule has 0 bridgehead atoms. The molecule has 1 spiro atoms. The molecule has 1 N–H and O–H groups in total. The maximum absolute atomic E-state index is 13.8. The highest BCUT2D eigenvalue weighted by atomic mass is 28.3. The zero-order valence-electron chi connectivity index (χ0n) is 25.7. The average Bonchev–Trinajstić information content (AvgIpc) is 3.06. The summed E-state index contributed by atoms with van der Waals surface area (Å²) in [6.45, 7) is 14.1. The fraction of sp³-hybridized carbons (Fsp3) is 0.710. The van der Waals surface area contributed by atoms with Gasteiger partial charge in [-0.1, -0.05) is 50.0 Å². The maximum atomic E-state index is 13.8. The number of benzene rings is 1. The lowest BCUT2D eigenvalue weighted by molar-refractivity contribution is -0.152. The van der Waals surface area contributed by atoms with Crippen molar-refractivity contribution in [3.05, 3.63) is 35.9 Å². The summed E-state index contributed by atoms with van der Waals surface area (Å²) in [6, 6.07) is 10.6. The number of hydrogen-bond donors (Lipinski definition) is 1. The molecule has 1 aliphatic heterocycles. The van der Waals surface area contributed by atoms with Gasteiger partial charge in [-0.25, -0.2) is 14.5 Å².